The Hall–Kier alpha value is -2.89. The lowest BCUT2D eigenvalue weighted by atomic mass is 10.1. The molecule has 3 rings (SSSR count). The molecular weight excluding hydrogens is 371 g/mol. The van der Waals surface area contributed by atoms with Gasteiger partial charge in [-0.2, -0.15) is 0 Å². The van der Waals surface area contributed by atoms with E-state index in [4.69, 9.17) is 4.74 Å². The maximum atomic E-state index is 13.5. The van der Waals surface area contributed by atoms with Gasteiger partial charge in [0.2, 0.25) is 5.91 Å². The molecule has 1 heterocycles. The smallest absolute Gasteiger partial charge is 0.253 e. The Labute approximate surface area is 171 Å². The molecule has 0 atom stereocenters. The fourth-order valence-electron chi connectivity index (χ4n) is 3.35. The van der Waals surface area contributed by atoms with Crippen LogP contribution in [0.3, 0.4) is 0 Å². The molecule has 2 aromatic carbocycles. The van der Waals surface area contributed by atoms with E-state index >= 15 is 0 Å². The molecule has 5 nitrogen and oxygen atoms in total. The highest BCUT2D eigenvalue weighted by Crippen LogP contribution is 2.16. The highest BCUT2D eigenvalue weighted by Gasteiger charge is 2.24. The van der Waals surface area contributed by atoms with E-state index in [0.29, 0.717) is 51.2 Å². The number of rotatable bonds is 7. The molecule has 0 N–H and O–H groups in total. The van der Waals surface area contributed by atoms with Crippen LogP contribution in [0, 0.1) is 5.82 Å². The van der Waals surface area contributed by atoms with Gasteiger partial charge in [0, 0.05) is 38.2 Å². The Balaban J connectivity index is 1.39. The average Bonchev–Trinajstić information content (AvgIpc) is 2.77. The summed E-state index contributed by atoms with van der Waals surface area (Å²) in [5.74, 6) is -0.137. The lowest BCUT2D eigenvalue weighted by Crippen LogP contribution is -2.50. The third kappa shape index (κ3) is 5.56. The second kappa shape index (κ2) is 10.0. The maximum Gasteiger partial charge on any atom is 0.253 e. The molecule has 1 aliphatic heterocycles. The minimum atomic E-state index is -0.399. The van der Waals surface area contributed by atoms with Crippen LogP contribution in [0.1, 0.15) is 35.7 Å². The van der Waals surface area contributed by atoms with Gasteiger partial charge in [0.15, 0.2) is 11.6 Å². The molecule has 0 radical (unpaired) electrons. The monoisotopic (exact) mass is 398 g/mol. The van der Waals surface area contributed by atoms with Gasteiger partial charge in [0.05, 0.1) is 6.61 Å². The van der Waals surface area contributed by atoms with Crippen LogP contribution < -0.4 is 4.74 Å². The first-order chi connectivity index (χ1) is 14.1. The zero-order valence-electron chi connectivity index (χ0n) is 16.8. The Morgan fingerprint density at radius 3 is 2.28 bits per heavy atom. The quantitative estimate of drug-likeness (QED) is 0.671. The maximum absolute atomic E-state index is 13.5. The van der Waals surface area contributed by atoms with Crippen molar-refractivity contribution in [1.29, 1.82) is 0 Å². The van der Waals surface area contributed by atoms with Gasteiger partial charge >= 0.3 is 0 Å². The van der Waals surface area contributed by atoms with Crippen molar-refractivity contribution in [1.82, 2.24) is 9.80 Å². The van der Waals surface area contributed by atoms with Crippen molar-refractivity contribution >= 4 is 11.8 Å². The summed E-state index contributed by atoms with van der Waals surface area (Å²) in [7, 11) is 0. The second-order valence-electron chi connectivity index (χ2n) is 7.11. The zero-order valence-corrected chi connectivity index (χ0v) is 16.8. The molecule has 1 aliphatic rings. The molecule has 0 unspecified atom stereocenters. The van der Waals surface area contributed by atoms with Crippen molar-refractivity contribution in [3.63, 3.8) is 0 Å². The fourth-order valence-corrected chi connectivity index (χ4v) is 3.35. The van der Waals surface area contributed by atoms with Crippen LogP contribution in [0.5, 0.6) is 5.75 Å². The Bertz CT molecular complexity index is 830. The van der Waals surface area contributed by atoms with Crippen LogP contribution in [-0.2, 0) is 11.2 Å². The molecule has 0 aromatic heterocycles. The van der Waals surface area contributed by atoms with Crippen LogP contribution in [0.4, 0.5) is 4.39 Å². The molecule has 1 fully saturated rings. The van der Waals surface area contributed by atoms with Gasteiger partial charge in [-0.25, -0.2) is 4.39 Å². The van der Waals surface area contributed by atoms with E-state index in [1.165, 1.54) is 11.6 Å². The van der Waals surface area contributed by atoms with Crippen molar-refractivity contribution in [3.8, 4) is 5.75 Å². The molecule has 154 valence electrons. The number of ether oxygens (including phenoxy) is 1. The third-order valence-corrected chi connectivity index (χ3v) is 5.16. The average molecular weight is 398 g/mol. The van der Waals surface area contributed by atoms with Gasteiger partial charge in [0.1, 0.15) is 0 Å². The first kappa shape index (κ1) is 20.8. The van der Waals surface area contributed by atoms with E-state index in [9.17, 15) is 14.0 Å². The SMILES string of the molecule is CCc1ccc(C(=O)N2CCN(C(=O)CCCOc3ccccc3F)CC2)cc1. The number of hydrogen-bond acceptors (Lipinski definition) is 3. The van der Waals surface area contributed by atoms with Crippen molar-refractivity contribution < 1.29 is 18.7 Å². The highest BCUT2D eigenvalue weighted by molar-refractivity contribution is 5.94. The summed E-state index contributed by atoms with van der Waals surface area (Å²) >= 11 is 0. The van der Waals surface area contributed by atoms with Gasteiger partial charge in [-0.1, -0.05) is 31.2 Å². The number of aryl methyl sites for hydroxylation is 1. The van der Waals surface area contributed by atoms with E-state index in [1.54, 1.807) is 28.0 Å². The molecule has 6 heteroatoms. The number of benzene rings is 2. The van der Waals surface area contributed by atoms with E-state index in [0.717, 1.165) is 6.42 Å². The summed E-state index contributed by atoms with van der Waals surface area (Å²) in [6.45, 7) is 4.51. The van der Waals surface area contributed by atoms with Gasteiger partial charge in [0.25, 0.3) is 5.91 Å². The number of halogens is 1. The molecule has 2 aromatic rings. The summed E-state index contributed by atoms with van der Waals surface area (Å²) in [5.41, 5.74) is 1.89. The van der Waals surface area contributed by atoms with Crippen molar-refractivity contribution in [2.24, 2.45) is 0 Å². The van der Waals surface area contributed by atoms with Crippen LogP contribution in [0.15, 0.2) is 48.5 Å². The summed E-state index contributed by atoms with van der Waals surface area (Å²) in [6, 6.07) is 13.9. The van der Waals surface area contributed by atoms with Gasteiger partial charge in [-0.15, -0.1) is 0 Å². The highest BCUT2D eigenvalue weighted by atomic mass is 19.1. The van der Waals surface area contributed by atoms with E-state index < -0.39 is 5.82 Å². The number of para-hydroxylation sites is 1. The molecule has 0 saturated carbocycles. The number of hydrogen-bond donors (Lipinski definition) is 0. The molecular formula is C23H27FN2O3. The molecule has 29 heavy (non-hydrogen) atoms. The number of carbonyl (C=O) groups is 2. The summed E-state index contributed by atoms with van der Waals surface area (Å²) in [4.78, 5) is 28.6. The summed E-state index contributed by atoms with van der Waals surface area (Å²) in [6.07, 6.45) is 1.82. The van der Waals surface area contributed by atoms with E-state index in [2.05, 4.69) is 6.92 Å². The Morgan fingerprint density at radius 2 is 1.62 bits per heavy atom. The lowest BCUT2D eigenvalue weighted by Gasteiger charge is -2.35. The molecule has 1 saturated heterocycles. The molecule has 2 amide bonds. The van der Waals surface area contributed by atoms with Crippen molar-refractivity contribution in [3.05, 3.63) is 65.5 Å². The van der Waals surface area contributed by atoms with E-state index in [1.807, 2.05) is 24.3 Å². The minimum Gasteiger partial charge on any atom is -0.491 e. The largest absolute Gasteiger partial charge is 0.491 e. The second-order valence-corrected chi connectivity index (χ2v) is 7.11. The van der Waals surface area contributed by atoms with Crippen LogP contribution in [0.25, 0.3) is 0 Å². The zero-order chi connectivity index (χ0) is 20.6. The normalized spacial score (nSPS) is 14.0. The predicted octanol–water partition coefficient (Wildman–Crippen LogP) is 3.53. The van der Waals surface area contributed by atoms with Crippen molar-refractivity contribution in [2.75, 3.05) is 32.8 Å². The lowest BCUT2D eigenvalue weighted by molar-refractivity contribution is -0.132. The van der Waals surface area contributed by atoms with Crippen molar-refractivity contribution in [2.45, 2.75) is 26.2 Å². The molecule has 0 bridgehead atoms. The topological polar surface area (TPSA) is 49.9 Å². The number of piperazine rings is 1. The number of nitrogens with zero attached hydrogens (tertiary/aromatic N) is 2. The van der Waals surface area contributed by atoms with Crippen LogP contribution >= 0.6 is 0 Å². The first-order valence-electron chi connectivity index (χ1n) is 10.1. The Kier molecular flexibility index (Phi) is 7.22. The molecule has 0 aliphatic carbocycles. The number of carbonyl (C=O) groups excluding carboxylic acids is 2. The van der Waals surface area contributed by atoms with Crippen LogP contribution in [0.2, 0.25) is 0 Å². The Morgan fingerprint density at radius 1 is 0.966 bits per heavy atom. The summed E-state index contributed by atoms with van der Waals surface area (Å²) in [5, 5.41) is 0. The standard InChI is InChI=1S/C23H27FN2O3/c1-2-18-9-11-19(12-10-18)23(28)26-15-13-25(14-16-26)22(27)8-5-17-29-21-7-4-3-6-20(21)24/h3-4,6-7,9-12H,2,5,8,13-17H2,1H3. The first-order valence-corrected chi connectivity index (χ1v) is 10.1. The minimum absolute atomic E-state index is 0.0121. The van der Waals surface area contributed by atoms with Gasteiger partial charge in [-0.3, -0.25) is 9.59 Å². The molecule has 0 spiro atoms. The summed E-state index contributed by atoms with van der Waals surface area (Å²) < 4.78 is 18.9. The fraction of sp³-hybridized carbons (Fsp3) is 0.391. The predicted molar refractivity (Wildman–Crippen MR) is 109 cm³/mol. The van der Waals surface area contributed by atoms with Crippen LogP contribution in [-0.4, -0.2) is 54.4 Å². The number of amides is 2. The van der Waals surface area contributed by atoms with Gasteiger partial charge < -0.3 is 14.5 Å². The van der Waals surface area contributed by atoms with Gasteiger partial charge in [-0.05, 0) is 42.7 Å². The third-order valence-electron chi connectivity index (χ3n) is 5.16. The van der Waals surface area contributed by atoms with E-state index in [-0.39, 0.29) is 17.6 Å².